The lowest BCUT2D eigenvalue weighted by molar-refractivity contribution is -0.354. The van der Waals surface area contributed by atoms with Gasteiger partial charge in [0.1, 0.15) is 5.75 Å². The van der Waals surface area contributed by atoms with E-state index in [9.17, 15) is 14.8 Å². The maximum Gasteiger partial charge on any atom is 0.338 e. The average Bonchev–Trinajstić information content (AvgIpc) is 2.92. The molecule has 0 N–H and O–H groups in total. The van der Waals surface area contributed by atoms with Gasteiger partial charge in [-0.15, -0.1) is 0 Å². The van der Waals surface area contributed by atoms with E-state index in [0.29, 0.717) is 41.1 Å². The highest BCUT2D eigenvalue weighted by Gasteiger charge is 2.12. The highest BCUT2D eigenvalue weighted by Crippen LogP contribution is 2.23. The molecule has 0 aliphatic carbocycles. The summed E-state index contributed by atoms with van der Waals surface area (Å²) in [5.41, 5.74) is 1.56. The van der Waals surface area contributed by atoms with Crippen LogP contribution < -0.4 is 4.74 Å². The first-order valence-corrected chi connectivity index (χ1v) is 13.9. The fourth-order valence-corrected chi connectivity index (χ4v) is 4.03. The van der Waals surface area contributed by atoms with Crippen molar-refractivity contribution >= 4 is 24.2 Å². The standard InChI is InChI=1S/C31H43NO5/c1-3-5-7-9-10-11-12-14-21-36-29-19-20-30(28(23-29)25-33)32(35)24-26-15-17-27(18-16-26)31(34)37-22-13-8-6-4-2/h15-20,23-25H,3-14,21-22H2,1-2H3. The van der Waals surface area contributed by atoms with Crippen molar-refractivity contribution in [3.63, 3.8) is 0 Å². The van der Waals surface area contributed by atoms with Crippen LogP contribution in [0.15, 0.2) is 42.5 Å². The molecule has 0 amide bonds. The summed E-state index contributed by atoms with van der Waals surface area (Å²) in [6, 6.07) is 11.5. The summed E-state index contributed by atoms with van der Waals surface area (Å²) in [6.07, 6.45) is 16.0. The Hall–Kier alpha value is -3.15. The van der Waals surface area contributed by atoms with Crippen LogP contribution in [0.4, 0.5) is 5.69 Å². The van der Waals surface area contributed by atoms with Gasteiger partial charge in [-0.3, -0.25) is 4.79 Å². The summed E-state index contributed by atoms with van der Waals surface area (Å²) in [5, 5.41) is 12.7. The molecule has 202 valence electrons. The summed E-state index contributed by atoms with van der Waals surface area (Å²) in [7, 11) is 0. The van der Waals surface area contributed by atoms with Gasteiger partial charge in [0, 0.05) is 11.6 Å². The van der Waals surface area contributed by atoms with Crippen molar-refractivity contribution in [1.82, 2.24) is 0 Å². The third-order valence-corrected chi connectivity index (χ3v) is 6.27. The molecular formula is C31H43NO5. The van der Waals surface area contributed by atoms with E-state index >= 15 is 0 Å². The van der Waals surface area contributed by atoms with Gasteiger partial charge in [0.15, 0.2) is 12.5 Å². The molecule has 6 heteroatoms. The molecular weight excluding hydrogens is 466 g/mol. The molecule has 0 fully saturated rings. The fourth-order valence-electron chi connectivity index (χ4n) is 4.03. The molecule has 37 heavy (non-hydrogen) atoms. The van der Waals surface area contributed by atoms with E-state index in [0.717, 1.165) is 38.5 Å². The zero-order valence-electron chi connectivity index (χ0n) is 22.6. The minimum absolute atomic E-state index is 0.241. The van der Waals surface area contributed by atoms with Crippen LogP contribution in [-0.2, 0) is 4.74 Å². The van der Waals surface area contributed by atoms with Crippen LogP contribution in [0.2, 0.25) is 0 Å². The second-order valence-corrected chi connectivity index (χ2v) is 9.44. The van der Waals surface area contributed by atoms with Crippen molar-refractivity contribution in [3.8, 4) is 5.75 Å². The lowest BCUT2D eigenvalue weighted by atomic mass is 10.1. The molecule has 0 spiro atoms. The molecule has 0 aliphatic heterocycles. The Balaban J connectivity index is 1.86. The van der Waals surface area contributed by atoms with Gasteiger partial charge in [-0.1, -0.05) is 78.1 Å². The van der Waals surface area contributed by atoms with Gasteiger partial charge in [-0.25, -0.2) is 4.79 Å². The molecule has 0 atom stereocenters. The van der Waals surface area contributed by atoms with Gasteiger partial charge >= 0.3 is 5.97 Å². The van der Waals surface area contributed by atoms with E-state index in [1.165, 1.54) is 44.7 Å². The monoisotopic (exact) mass is 509 g/mol. The molecule has 6 nitrogen and oxygen atoms in total. The molecule has 0 saturated heterocycles. The predicted molar refractivity (Wildman–Crippen MR) is 149 cm³/mol. The van der Waals surface area contributed by atoms with Crippen molar-refractivity contribution in [3.05, 3.63) is 64.4 Å². The van der Waals surface area contributed by atoms with Crippen molar-refractivity contribution in [1.29, 1.82) is 0 Å². The van der Waals surface area contributed by atoms with Gasteiger partial charge in [0.25, 0.3) is 0 Å². The Bertz CT molecular complexity index is 968. The van der Waals surface area contributed by atoms with Crippen LogP contribution in [0.1, 0.15) is 117 Å². The summed E-state index contributed by atoms with van der Waals surface area (Å²) >= 11 is 0. The molecule has 2 aromatic rings. The highest BCUT2D eigenvalue weighted by atomic mass is 16.5. The zero-order chi connectivity index (χ0) is 26.7. The van der Waals surface area contributed by atoms with E-state index in [1.54, 1.807) is 42.5 Å². The number of aldehydes is 1. The van der Waals surface area contributed by atoms with Crippen molar-refractivity contribution < 1.29 is 23.8 Å². The topological polar surface area (TPSA) is 78.7 Å². The third-order valence-electron chi connectivity index (χ3n) is 6.27. The van der Waals surface area contributed by atoms with Crippen LogP contribution in [0.3, 0.4) is 0 Å². The maximum absolute atomic E-state index is 12.7. The quantitative estimate of drug-likeness (QED) is 0.0364. The Kier molecular flexibility index (Phi) is 14.8. The molecule has 0 bridgehead atoms. The van der Waals surface area contributed by atoms with Gasteiger partial charge in [0.2, 0.25) is 5.69 Å². The van der Waals surface area contributed by atoms with Crippen LogP contribution in [0.5, 0.6) is 5.75 Å². The second kappa shape index (κ2) is 18.1. The molecule has 0 unspecified atom stereocenters. The number of carbonyl (C=O) groups is 2. The summed E-state index contributed by atoms with van der Waals surface area (Å²) in [4.78, 5) is 23.8. The number of benzene rings is 2. The van der Waals surface area contributed by atoms with Crippen molar-refractivity contribution in [2.45, 2.75) is 90.9 Å². The summed E-state index contributed by atoms with van der Waals surface area (Å²) in [6.45, 7) is 5.36. The molecule has 0 heterocycles. The second-order valence-electron chi connectivity index (χ2n) is 9.44. The van der Waals surface area contributed by atoms with Gasteiger partial charge in [-0.2, -0.15) is 4.74 Å². The van der Waals surface area contributed by atoms with E-state index in [1.807, 2.05) is 0 Å². The van der Waals surface area contributed by atoms with Crippen molar-refractivity contribution in [2.24, 2.45) is 0 Å². The number of esters is 1. The van der Waals surface area contributed by atoms with E-state index in [2.05, 4.69) is 13.8 Å². The van der Waals surface area contributed by atoms with Gasteiger partial charge in [-0.05, 0) is 49.2 Å². The van der Waals surface area contributed by atoms with E-state index < -0.39 is 0 Å². The largest absolute Gasteiger partial charge is 0.618 e. The number of nitrogens with zero attached hydrogens (tertiary/aromatic N) is 1. The number of ether oxygens (including phenoxy) is 2. The molecule has 2 rings (SSSR count). The number of rotatable bonds is 19. The van der Waals surface area contributed by atoms with Crippen LogP contribution >= 0.6 is 0 Å². The molecule has 0 aliphatic rings. The first-order chi connectivity index (χ1) is 18.1. The first kappa shape index (κ1) is 30.1. The smallest absolute Gasteiger partial charge is 0.338 e. The maximum atomic E-state index is 12.7. The van der Waals surface area contributed by atoms with E-state index in [4.69, 9.17) is 9.47 Å². The molecule has 0 saturated carbocycles. The molecule has 0 aromatic heterocycles. The van der Waals surface area contributed by atoms with Gasteiger partial charge < -0.3 is 14.7 Å². The normalized spacial score (nSPS) is 11.4. The fraction of sp³-hybridized carbons (Fsp3) is 0.516. The zero-order valence-corrected chi connectivity index (χ0v) is 22.6. The minimum atomic E-state index is -0.368. The Morgan fingerprint density at radius 3 is 2.05 bits per heavy atom. The highest BCUT2D eigenvalue weighted by molar-refractivity contribution is 5.90. The van der Waals surface area contributed by atoms with Crippen LogP contribution in [-0.4, -0.2) is 36.4 Å². The van der Waals surface area contributed by atoms with Crippen LogP contribution in [0, 0.1) is 5.21 Å². The lowest BCUT2D eigenvalue weighted by Gasteiger charge is -2.10. The number of unbranched alkanes of at least 4 members (excludes halogenated alkanes) is 10. The Labute approximate surface area is 222 Å². The number of carbonyl (C=O) groups excluding carboxylic acids is 2. The lowest BCUT2D eigenvalue weighted by Crippen LogP contribution is -2.07. The first-order valence-electron chi connectivity index (χ1n) is 13.9. The Morgan fingerprint density at radius 2 is 1.41 bits per heavy atom. The SMILES string of the molecule is CCCCCCCCCCOc1ccc([N+]([O-])=Cc2ccc(C(=O)OCCCCCC)cc2)c(C=O)c1. The average molecular weight is 510 g/mol. The predicted octanol–water partition coefficient (Wildman–Crippen LogP) is 8.02. The Morgan fingerprint density at radius 1 is 0.811 bits per heavy atom. The number of hydrogen-bond acceptors (Lipinski definition) is 5. The number of hydrogen-bond donors (Lipinski definition) is 0. The van der Waals surface area contributed by atoms with Gasteiger partial charge in [0.05, 0.1) is 24.3 Å². The third kappa shape index (κ3) is 11.6. The van der Waals surface area contributed by atoms with E-state index in [-0.39, 0.29) is 17.2 Å². The molecule has 2 aromatic carbocycles. The summed E-state index contributed by atoms with van der Waals surface area (Å²) < 4.78 is 11.8. The molecule has 0 radical (unpaired) electrons. The van der Waals surface area contributed by atoms with Crippen molar-refractivity contribution in [2.75, 3.05) is 13.2 Å². The summed E-state index contributed by atoms with van der Waals surface area (Å²) in [5.74, 6) is 0.215. The minimum Gasteiger partial charge on any atom is -0.618 e. The van der Waals surface area contributed by atoms with Crippen LogP contribution in [0.25, 0.3) is 0 Å².